The van der Waals surface area contributed by atoms with Gasteiger partial charge in [0.1, 0.15) is 14.0 Å². The van der Waals surface area contributed by atoms with Crippen LogP contribution in [0.25, 0.3) is 0 Å². The molecule has 1 aromatic heterocycles. The van der Waals surface area contributed by atoms with E-state index < -0.39 is 0 Å². The van der Waals surface area contributed by atoms with Crippen LogP contribution in [-0.2, 0) is 0 Å². The van der Waals surface area contributed by atoms with Crippen LogP contribution in [0.3, 0.4) is 0 Å². The standard InChI is InChI=1S/C5H8N4/c1-9(2)5-7-3-6-4-8-5/h3-4H,1-2H3/i3T. The third kappa shape index (κ3) is 1.35. The molecule has 0 saturated heterocycles. The minimum Gasteiger partial charge on any atom is -0.347 e. The van der Waals surface area contributed by atoms with Crippen molar-refractivity contribution in [3.63, 3.8) is 0 Å². The first kappa shape index (κ1) is 4.67. The highest BCUT2D eigenvalue weighted by molar-refractivity contribution is 5.22. The van der Waals surface area contributed by atoms with Gasteiger partial charge in [0.25, 0.3) is 0 Å². The zero-order valence-corrected chi connectivity index (χ0v) is 5.37. The van der Waals surface area contributed by atoms with E-state index in [1.807, 2.05) is 14.1 Å². The zero-order valence-electron chi connectivity index (χ0n) is 6.37. The highest BCUT2D eigenvalue weighted by Crippen LogP contribution is 1.94. The molecule has 0 fully saturated rings. The average molecular weight is 126 g/mol. The van der Waals surface area contributed by atoms with Crippen LogP contribution in [0.2, 0.25) is 0 Å². The van der Waals surface area contributed by atoms with Gasteiger partial charge >= 0.3 is 0 Å². The van der Waals surface area contributed by atoms with E-state index in [1.165, 1.54) is 6.33 Å². The molecule has 0 atom stereocenters. The summed E-state index contributed by atoms with van der Waals surface area (Å²) in [5.41, 5.74) is 0. The summed E-state index contributed by atoms with van der Waals surface area (Å²) in [6, 6.07) is 0. The molecule has 9 heavy (non-hydrogen) atoms. The highest BCUT2D eigenvalue weighted by Gasteiger charge is 1.92. The molecule has 0 radical (unpaired) electrons. The number of aromatic nitrogens is 3. The maximum atomic E-state index is 7.04. The Kier molecular flexibility index (Phi) is 1.24. The van der Waals surface area contributed by atoms with Crippen LogP contribution in [0.4, 0.5) is 5.95 Å². The Bertz CT molecular complexity index is 225. The van der Waals surface area contributed by atoms with Crippen molar-refractivity contribution in [2.75, 3.05) is 19.0 Å². The van der Waals surface area contributed by atoms with Crippen molar-refractivity contribution in [3.05, 3.63) is 12.6 Å². The SMILES string of the molecule is [3H]c1ncnc(N(C)C)n1. The fourth-order valence-electron chi connectivity index (χ4n) is 0.424. The minimum absolute atomic E-state index is 0.00120. The lowest BCUT2D eigenvalue weighted by Crippen LogP contribution is -2.12. The van der Waals surface area contributed by atoms with Gasteiger partial charge in [-0.05, 0) is 0 Å². The van der Waals surface area contributed by atoms with Crippen molar-refractivity contribution in [1.82, 2.24) is 15.0 Å². The Balaban J connectivity index is 2.96. The smallest absolute Gasteiger partial charge is 0.227 e. The summed E-state index contributed by atoms with van der Waals surface area (Å²) in [5.74, 6) is 0.514. The molecule has 0 aromatic carbocycles. The molecule has 4 heteroatoms. The average Bonchev–Trinajstić information content (AvgIpc) is 1.88. The fraction of sp³-hybridized carbons (Fsp3) is 0.400. The van der Waals surface area contributed by atoms with Crippen LogP contribution in [0.5, 0.6) is 0 Å². The molecule has 0 spiro atoms. The molecular weight excluding hydrogens is 116 g/mol. The molecule has 0 saturated carbocycles. The monoisotopic (exact) mass is 126 g/mol. The van der Waals surface area contributed by atoms with E-state index in [4.69, 9.17) is 1.37 Å². The van der Waals surface area contributed by atoms with Crippen LogP contribution in [0, 0.1) is 0 Å². The van der Waals surface area contributed by atoms with E-state index in [0.29, 0.717) is 5.95 Å². The van der Waals surface area contributed by atoms with Gasteiger partial charge in [-0.2, -0.15) is 0 Å². The van der Waals surface area contributed by atoms with Gasteiger partial charge in [0.05, 0.1) is 0 Å². The van der Waals surface area contributed by atoms with Crippen LogP contribution in [-0.4, -0.2) is 29.0 Å². The summed E-state index contributed by atoms with van der Waals surface area (Å²) >= 11 is 0. The second-order valence-electron chi connectivity index (χ2n) is 1.78. The number of nitrogens with zero attached hydrogens (tertiary/aromatic N) is 4. The summed E-state index contributed by atoms with van der Waals surface area (Å²) in [5, 5.41) is 0. The third-order valence-corrected chi connectivity index (χ3v) is 0.839. The molecule has 1 aromatic rings. The van der Waals surface area contributed by atoms with Gasteiger partial charge in [-0.15, -0.1) is 0 Å². The molecule has 0 amide bonds. The summed E-state index contributed by atoms with van der Waals surface area (Å²) in [7, 11) is 3.63. The molecule has 0 aliphatic carbocycles. The zero-order chi connectivity index (χ0) is 7.56. The van der Waals surface area contributed by atoms with Crippen LogP contribution in [0.1, 0.15) is 1.37 Å². The van der Waals surface area contributed by atoms with Crippen LogP contribution >= 0.6 is 0 Å². The van der Waals surface area contributed by atoms with Crippen molar-refractivity contribution in [2.45, 2.75) is 0 Å². The molecule has 0 N–H and O–H groups in total. The maximum absolute atomic E-state index is 7.04. The van der Waals surface area contributed by atoms with Crippen LogP contribution in [0.15, 0.2) is 12.6 Å². The van der Waals surface area contributed by atoms with Crippen molar-refractivity contribution in [2.24, 2.45) is 0 Å². The maximum Gasteiger partial charge on any atom is 0.227 e. The highest BCUT2D eigenvalue weighted by atomic mass is 15.2. The van der Waals surface area contributed by atoms with Crippen molar-refractivity contribution < 1.29 is 1.37 Å². The Morgan fingerprint density at radius 1 is 1.56 bits per heavy atom. The molecule has 1 rings (SSSR count). The van der Waals surface area contributed by atoms with Gasteiger partial charge in [0.2, 0.25) is 5.95 Å². The quantitative estimate of drug-likeness (QED) is 0.528. The molecule has 1 heterocycles. The topological polar surface area (TPSA) is 41.9 Å². The lowest BCUT2D eigenvalue weighted by atomic mass is 10.8. The summed E-state index contributed by atoms with van der Waals surface area (Å²) in [6.07, 6.45) is 1.32. The van der Waals surface area contributed by atoms with E-state index in [9.17, 15) is 0 Å². The number of hydrogen-bond donors (Lipinski definition) is 0. The van der Waals surface area contributed by atoms with Gasteiger partial charge in [0, 0.05) is 14.1 Å². The number of anilines is 1. The Hall–Kier alpha value is -1.19. The fourth-order valence-corrected chi connectivity index (χ4v) is 0.424. The molecule has 0 bridgehead atoms. The Morgan fingerprint density at radius 2 is 2.33 bits per heavy atom. The van der Waals surface area contributed by atoms with Crippen LogP contribution < -0.4 is 4.90 Å². The predicted octanol–water partition coefficient (Wildman–Crippen LogP) is -0.0624. The number of rotatable bonds is 1. The summed E-state index contributed by atoms with van der Waals surface area (Å²) in [4.78, 5) is 12.8. The van der Waals surface area contributed by atoms with E-state index in [0.717, 1.165) is 0 Å². The summed E-state index contributed by atoms with van der Waals surface area (Å²) in [6.45, 7) is 0. The molecule has 0 unspecified atom stereocenters. The lowest BCUT2D eigenvalue weighted by molar-refractivity contribution is 0.955. The lowest BCUT2D eigenvalue weighted by Gasteiger charge is -2.06. The first-order valence-electron chi connectivity index (χ1n) is 3.03. The molecule has 4 nitrogen and oxygen atoms in total. The van der Waals surface area contributed by atoms with Gasteiger partial charge in [0.15, 0.2) is 0 Å². The first-order chi connectivity index (χ1) is 4.70. The van der Waals surface area contributed by atoms with Crippen molar-refractivity contribution >= 4 is 5.95 Å². The van der Waals surface area contributed by atoms with E-state index in [1.54, 1.807) is 4.90 Å². The van der Waals surface area contributed by atoms with E-state index in [2.05, 4.69) is 15.0 Å². The van der Waals surface area contributed by atoms with Gasteiger partial charge in [-0.3, -0.25) is 0 Å². The van der Waals surface area contributed by atoms with E-state index in [-0.39, 0.29) is 6.30 Å². The van der Waals surface area contributed by atoms with Gasteiger partial charge in [-0.25, -0.2) is 15.0 Å². The minimum atomic E-state index is -0.00120. The number of hydrogen-bond acceptors (Lipinski definition) is 4. The Morgan fingerprint density at radius 3 is 2.78 bits per heavy atom. The van der Waals surface area contributed by atoms with E-state index >= 15 is 0 Å². The van der Waals surface area contributed by atoms with Crippen molar-refractivity contribution in [1.29, 1.82) is 0 Å². The normalized spacial score (nSPS) is 10.7. The second-order valence-corrected chi connectivity index (χ2v) is 1.78. The molecule has 48 valence electrons. The Labute approximate surface area is 55.0 Å². The van der Waals surface area contributed by atoms with Gasteiger partial charge in [-0.1, -0.05) is 0 Å². The largest absolute Gasteiger partial charge is 0.347 e. The second kappa shape index (κ2) is 2.39. The van der Waals surface area contributed by atoms with Gasteiger partial charge < -0.3 is 4.90 Å². The predicted molar refractivity (Wildman–Crippen MR) is 34.2 cm³/mol. The van der Waals surface area contributed by atoms with Crippen molar-refractivity contribution in [3.8, 4) is 0 Å². The summed E-state index contributed by atoms with van der Waals surface area (Å²) < 4.78 is 7.04. The molecule has 0 aliphatic heterocycles. The third-order valence-electron chi connectivity index (χ3n) is 0.839. The molecule has 0 aliphatic rings. The molecular formula is C5H8N4. The first-order valence-corrected chi connectivity index (χ1v) is 2.53.